The maximum atomic E-state index is 6.43. The van der Waals surface area contributed by atoms with Crippen molar-refractivity contribution in [3.63, 3.8) is 0 Å². The predicted octanol–water partition coefficient (Wildman–Crippen LogP) is 14.7. The molecule has 4 heterocycles. The molecule has 58 heavy (non-hydrogen) atoms. The van der Waals surface area contributed by atoms with E-state index in [-0.39, 0.29) is 0 Å². The Labute approximate surface area is 333 Å². The third-order valence-corrected chi connectivity index (χ3v) is 12.5. The lowest BCUT2D eigenvalue weighted by atomic mass is 10.00. The lowest BCUT2D eigenvalue weighted by Gasteiger charge is -2.14. The first-order chi connectivity index (χ1) is 28.8. The molecule has 272 valence electrons. The number of para-hydroxylation sites is 4. The minimum absolute atomic E-state index is 0.921. The van der Waals surface area contributed by atoms with Crippen molar-refractivity contribution in [1.29, 1.82) is 0 Å². The molecule has 0 amide bonds. The molecular formula is C54H35N3O. The molecule has 12 aromatic rings. The maximum absolute atomic E-state index is 6.43. The van der Waals surface area contributed by atoms with Gasteiger partial charge in [-0.05, 0) is 96.8 Å². The Morgan fingerprint density at radius 3 is 1.88 bits per heavy atom. The van der Waals surface area contributed by atoms with Crippen LogP contribution in [-0.4, -0.2) is 13.7 Å². The summed E-state index contributed by atoms with van der Waals surface area (Å²) in [5.41, 5.74) is 15.0. The Balaban J connectivity index is 1.10. The topological polar surface area (TPSA) is 27.9 Å². The van der Waals surface area contributed by atoms with Gasteiger partial charge in [-0.25, -0.2) is 0 Å². The standard InChI is InChI=1S/C54H35N3O/c1-4-14-36(15-5-1)55-47-28-25-34(30-43(47)44-32-45-40-21-11-13-23-51(40)58-52(45)33-50(44)55)35-24-26-42-49(31-35)56(37-16-6-2-7-17-37)48-29-27-41-39-20-10-12-22-46(39)57(54(41)53(42)48)38-18-8-3-9-19-38/h1-4,6-14,16-33H,5,15H2. The molecule has 4 nitrogen and oxygen atoms in total. The predicted molar refractivity (Wildman–Crippen MR) is 243 cm³/mol. The van der Waals surface area contributed by atoms with Crippen LogP contribution in [0.3, 0.4) is 0 Å². The number of benzene rings is 8. The van der Waals surface area contributed by atoms with Crippen LogP contribution in [0, 0.1) is 0 Å². The minimum atomic E-state index is 0.921. The van der Waals surface area contributed by atoms with E-state index in [4.69, 9.17) is 4.42 Å². The first-order valence-corrected chi connectivity index (χ1v) is 20.2. The van der Waals surface area contributed by atoms with Crippen molar-refractivity contribution in [3.05, 3.63) is 188 Å². The highest BCUT2D eigenvalue weighted by molar-refractivity contribution is 6.26. The van der Waals surface area contributed by atoms with E-state index in [9.17, 15) is 0 Å². The van der Waals surface area contributed by atoms with E-state index in [2.05, 4.69) is 196 Å². The summed E-state index contributed by atoms with van der Waals surface area (Å²) in [6.45, 7) is 0. The molecular weight excluding hydrogens is 707 g/mol. The SMILES string of the molecule is C1=CCCC(n2c3ccc(-c4ccc5c6c(ccc7c8ccccc8n(-c8ccccc8)c76)n(-c6ccccc6)c5c4)cc3c3cc4c(cc32)oc2ccccc24)=C1. The highest BCUT2D eigenvalue weighted by Gasteiger charge is 2.22. The molecule has 0 saturated carbocycles. The van der Waals surface area contributed by atoms with E-state index < -0.39 is 0 Å². The fourth-order valence-corrected chi connectivity index (χ4v) is 9.94. The van der Waals surface area contributed by atoms with E-state index in [0.29, 0.717) is 0 Å². The number of fused-ring (bicyclic) bond motifs is 13. The third-order valence-electron chi connectivity index (χ3n) is 12.5. The van der Waals surface area contributed by atoms with Gasteiger partial charge >= 0.3 is 0 Å². The van der Waals surface area contributed by atoms with Crippen molar-refractivity contribution >= 4 is 93.1 Å². The first-order valence-electron chi connectivity index (χ1n) is 20.2. The summed E-state index contributed by atoms with van der Waals surface area (Å²) < 4.78 is 13.8. The summed E-state index contributed by atoms with van der Waals surface area (Å²) in [4.78, 5) is 0. The average Bonchev–Trinajstić information content (AvgIpc) is 4.02. The van der Waals surface area contributed by atoms with Crippen molar-refractivity contribution in [1.82, 2.24) is 13.7 Å². The molecule has 13 rings (SSSR count). The average molecular weight is 742 g/mol. The molecule has 1 aliphatic rings. The van der Waals surface area contributed by atoms with Gasteiger partial charge in [0.15, 0.2) is 0 Å². The Hall–Kier alpha value is -7.56. The minimum Gasteiger partial charge on any atom is -0.456 e. The summed E-state index contributed by atoms with van der Waals surface area (Å²) in [6, 6.07) is 62.1. The molecule has 4 aromatic heterocycles. The van der Waals surface area contributed by atoms with Crippen molar-refractivity contribution in [3.8, 4) is 22.5 Å². The van der Waals surface area contributed by atoms with Gasteiger partial charge in [0.05, 0.1) is 33.1 Å². The molecule has 4 heteroatoms. The van der Waals surface area contributed by atoms with E-state index in [1.807, 2.05) is 6.07 Å². The quantitative estimate of drug-likeness (QED) is 0.176. The van der Waals surface area contributed by atoms with E-state index in [0.717, 1.165) is 46.2 Å². The monoisotopic (exact) mass is 741 g/mol. The van der Waals surface area contributed by atoms with Crippen LogP contribution in [0.4, 0.5) is 0 Å². The van der Waals surface area contributed by atoms with Gasteiger partial charge in [-0.1, -0.05) is 109 Å². The van der Waals surface area contributed by atoms with Gasteiger partial charge in [0.25, 0.3) is 0 Å². The lowest BCUT2D eigenvalue weighted by molar-refractivity contribution is 0.669. The van der Waals surface area contributed by atoms with Gasteiger partial charge in [0.2, 0.25) is 0 Å². The maximum Gasteiger partial charge on any atom is 0.137 e. The molecule has 0 atom stereocenters. The Bertz CT molecular complexity index is 3720. The first kappa shape index (κ1) is 31.6. The van der Waals surface area contributed by atoms with Gasteiger partial charge in [-0.3, -0.25) is 0 Å². The molecule has 1 aliphatic carbocycles. The Morgan fingerprint density at radius 2 is 1.05 bits per heavy atom. The van der Waals surface area contributed by atoms with Gasteiger partial charge in [-0.2, -0.15) is 0 Å². The van der Waals surface area contributed by atoms with Gasteiger partial charge < -0.3 is 18.1 Å². The number of furan rings is 1. The number of hydrogen-bond acceptors (Lipinski definition) is 1. The summed E-state index contributed by atoms with van der Waals surface area (Å²) in [6.07, 6.45) is 8.74. The fraction of sp³-hybridized carbons (Fsp3) is 0.0370. The summed E-state index contributed by atoms with van der Waals surface area (Å²) >= 11 is 0. The molecule has 0 fully saturated rings. The number of hydrogen-bond donors (Lipinski definition) is 0. The van der Waals surface area contributed by atoms with Crippen LogP contribution in [0.5, 0.6) is 0 Å². The molecule has 8 aromatic carbocycles. The number of aromatic nitrogens is 3. The van der Waals surface area contributed by atoms with Crippen LogP contribution in [0.2, 0.25) is 0 Å². The summed E-state index contributed by atoms with van der Waals surface area (Å²) in [5, 5.41) is 9.79. The number of rotatable bonds is 4. The van der Waals surface area contributed by atoms with E-state index in [1.165, 1.54) is 82.2 Å². The van der Waals surface area contributed by atoms with E-state index in [1.54, 1.807) is 0 Å². The largest absolute Gasteiger partial charge is 0.456 e. The van der Waals surface area contributed by atoms with Crippen molar-refractivity contribution in [2.75, 3.05) is 0 Å². The zero-order chi connectivity index (χ0) is 37.9. The number of allylic oxidation sites excluding steroid dienone is 4. The molecule has 0 N–H and O–H groups in total. The Morgan fingerprint density at radius 1 is 0.397 bits per heavy atom. The van der Waals surface area contributed by atoms with Crippen LogP contribution in [0.1, 0.15) is 12.8 Å². The molecule has 0 radical (unpaired) electrons. The van der Waals surface area contributed by atoms with Crippen LogP contribution >= 0.6 is 0 Å². The molecule has 0 spiro atoms. The molecule has 0 aliphatic heterocycles. The summed E-state index contributed by atoms with van der Waals surface area (Å²) in [5.74, 6) is 0. The molecule has 0 unspecified atom stereocenters. The van der Waals surface area contributed by atoms with Crippen molar-refractivity contribution < 1.29 is 4.42 Å². The second kappa shape index (κ2) is 12.0. The third kappa shape index (κ3) is 4.40. The smallest absolute Gasteiger partial charge is 0.137 e. The van der Waals surface area contributed by atoms with Gasteiger partial charge in [0.1, 0.15) is 11.2 Å². The second-order valence-electron chi connectivity index (χ2n) is 15.6. The lowest BCUT2D eigenvalue weighted by Crippen LogP contribution is -1.98. The normalized spacial score (nSPS) is 13.4. The number of nitrogens with zero attached hydrogens (tertiary/aromatic N) is 3. The molecule has 0 saturated heterocycles. The van der Waals surface area contributed by atoms with Crippen LogP contribution in [0.15, 0.2) is 193 Å². The van der Waals surface area contributed by atoms with Gasteiger partial charge in [-0.15, -0.1) is 0 Å². The fourth-order valence-electron chi connectivity index (χ4n) is 9.94. The van der Waals surface area contributed by atoms with Crippen molar-refractivity contribution in [2.24, 2.45) is 0 Å². The van der Waals surface area contributed by atoms with Crippen LogP contribution < -0.4 is 0 Å². The van der Waals surface area contributed by atoms with Crippen molar-refractivity contribution in [2.45, 2.75) is 12.8 Å². The van der Waals surface area contributed by atoms with Crippen LogP contribution in [-0.2, 0) is 0 Å². The Kier molecular flexibility index (Phi) is 6.53. The highest BCUT2D eigenvalue weighted by atomic mass is 16.3. The van der Waals surface area contributed by atoms with E-state index >= 15 is 0 Å². The van der Waals surface area contributed by atoms with Gasteiger partial charge in [0, 0.05) is 66.2 Å². The summed E-state index contributed by atoms with van der Waals surface area (Å²) in [7, 11) is 0. The zero-order valence-corrected chi connectivity index (χ0v) is 31.6. The second-order valence-corrected chi connectivity index (χ2v) is 15.6. The highest BCUT2D eigenvalue weighted by Crippen LogP contribution is 2.44. The molecule has 0 bridgehead atoms. The zero-order valence-electron chi connectivity index (χ0n) is 31.6. The van der Waals surface area contributed by atoms with Crippen LogP contribution in [0.25, 0.3) is 116 Å².